The van der Waals surface area contributed by atoms with Gasteiger partial charge in [0.05, 0.1) is 0 Å². The molecule has 1 nitrogen and oxygen atoms in total. The summed E-state index contributed by atoms with van der Waals surface area (Å²) in [6, 6.07) is 0. The van der Waals surface area contributed by atoms with Crippen molar-refractivity contribution in [3.8, 4) is 0 Å². The van der Waals surface area contributed by atoms with E-state index in [4.69, 9.17) is 0 Å². The zero-order valence-corrected chi connectivity index (χ0v) is 6.90. The van der Waals surface area contributed by atoms with Crippen LogP contribution in [0.2, 0.25) is 0 Å². The Kier molecular flexibility index (Phi) is 1.60. The minimum atomic E-state index is 1.08. The Morgan fingerprint density at radius 1 is 1.14 bits per heavy atom. The van der Waals surface area contributed by atoms with Crippen LogP contribution in [0.4, 0.5) is 0 Å². The van der Waals surface area contributed by atoms with Crippen molar-refractivity contribution < 1.29 is 0 Å². The second-order valence-electron chi connectivity index (χ2n) is 1.19. The molecule has 36 valence electrons. The molecule has 0 fully saturated rings. The molecular formula is C4H3NSe2. The molecule has 0 atom stereocenters. The Bertz CT molecular complexity index is 132. The molecule has 0 saturated carbocycles. The van der Waals surface area contributed by atoms with Gasteiger partial charge >= 0.3 is 57.7 Å². The van der Waals surface area contributed by atoms with Gasteiger partial charge in [-0.2, -0.15) is 0 Å². The summed E-state index contributed by atoms with van der Waals surface area (Å²) in [5.41, 5.74) is 0. The van der Waals surface area contributed by atoms with E-state index in [0.717, 1.165) is 9.08 Å². The topological polar surface area (TPSA) is 12.0 Å². The van der Waals surface area contributed by atoms with Crippen LogP contribution in [0.1, 0.15) is 0 Å². The molecule has 7 heavy (non-hydrogen) atoms. The van der Waals surface area contributed by atoms with Crippen LogP contribution in [0.5, 0.6) is 0 Å². The van der Waals surface area contributed by atoms with Crippen LogP contribution in [0, 0.1) is 0 Å². The van der Waals surface area contributed by atoms with Gasteiger partial charge in [0.15, 0.2) is 0 Å². The first-order valence-electron chi connectivity index (χ1n) is 1.82. The van der Waals surface area contributed by atoms with E-state index in [-0.39, 0.29) is 0 Å². The van der Waals surface area contributed by atoms with E-state index in [1.807, 2.05) is 12.2 Å². The van der Waals surface area contributed by atoms with Gasteiger partial charge in [-0.25, -0.2) is 0 Å². The second kappa shape index (κ2) is 2.06. The molecule has 1 N–H and O–H groups in total. The van der Waals surface area contributed by atoms with Crippen LogP contribution in [0.25, 0.3) is 0 Å². The number of hydrogen-bond donors (Lipinski definition) is 1. The monoisotopic (exact) mass is 225 g/mol. The SMILES string of the molecule is [Se]=C1C=CC(=[Se])N1. The predicted molar refractivity (Wildman–Crippen MR) is 33.8 cm³/mol. The molecule has 0 aromatic carbocycles. The average Bonchev–Trinajstić information content (AvgIpc) is 1.87. The molecule has 1 aliphatic rings. The molecule has 0 aromatic rings. The third-order valence-electron chi connectivity index (χ3n) is 0.632. The molecular weight excluding hydrogens is 220 g/mol. The van der Waals surface area contributed by atoms with Crippen molar-refractivity contribution in [2.75, 3.05) is 0 Å². The molecule has 0 bridgehead atoms. The maximum atomic E-state index is 3.03. The Balaban J connectivity index is 2.76. The predicted octanol–water partition coefficient (Wildman–Crippen LogP) is -1.26. The summed E-state index contributed by atoms with van der Waals surface area (Å²) in [5.74, 6) is 0. The van der Waals surface area contributed by atoms with Crippen molar-refractivity contribution >= 4 is 40.2 Å². The maximum absolute atomic E-state index is 3.03. The first-order valence-corrected chi connectivity index (χ1v) is 3.53. The van der Waals surface area contributed by atoms with E-state index in [1.54, 1.807) is 0 Å². The fourth-order valence-electron chi connectivity index (χ4n) is 0.356. The standard InChI is InChI=1S/C4H3NSe2/c6-3-1-2-4(7)5-3/h1-2H,(H,5,6,7). The van der Waals surface area contributed by atoms with Gasteiger partial charge in [-0.15, -0.1) is 0 Å². The average molecular weight is 223 g/mol. The fourth-order valence-corrected chi connectivity index (χ4v) is 1.43. The van der Waals surface area contributed by atoms with Gasteiger partial charge in [0.2, 0.25) is 0 Å². The van der Waals surface area contributed by atoms with E-state index >= 15 is 0 Å². The molecule has 1 aliphatic heterocycles. The summed E-state index contributed by atoms with van der Waals surface area (Å²) < 4.78 is 2.16. The molecule has 0 radical (unpaired) electrons. The van der Waals surface area contributed by atoms with Gasteiger partial charge in [0.1, 0.15) is 0 Å². The number of hydrogen-bond acceptors (Lipinski definition) is 1. The van der Waals surface area contributed by atoms with Crippen LogP contribution >= 0.6 is 0 Å². The van der Waals surface area contributed by atoms with Crippen LogP contribution < -0.4 is 5.32 Å². The van der Waals surface area contributed by atoms with Crippen LogP contribution in [0.3, 0.4) is 0 Å². The summed E-state index contributed by atoms with van der Waals surface area (Å²) in [6.45, 7) is 0. The first kappa shape index (κ1) is 5.46. The summed E-state index contributed by atoms with van der Waals surface area (Å²) in [6.07, 6.45) is 3.96. The third-order valence-corrected chi connectivity index (χ3v) is 1.63. The van der Waals surface area contributed by atoms with Crippen molar-refractivity contribution in [3.63, 3.8) is 0 Å². The zero-order chi connectivity index (χ0) is 5.28. The van der Waals surface area contributed by atoms with Gasteiger partial charge in [0, 0.05) is 0 Å². The summed E-state index contributed by atoms with van der Waals surface area (Å²) in [7, 11) is 0. The molecule has 1 rings (SSSR count). The van der Waals surface area contributed by atoms with Gasteiger partial charge in [-0.05, 0) is 0 Å². The van der Waals surface area contributed by atoms with Gasteiger partial charge in [-0.3, -0.25) is 0 Å². The van der Waals surface area contributed by atoms with Gasteiger partial charge in [-0.1, -0.05) is 0 Å². The van der Waals surface area contributed by atoms with Crippen molar-refractivity contribution in [1.29, 1.82) is 0 Å². The van der Waals surface area contributed by atoms with Crippen LogP contribution in [-0.4, -0.2) is 40.2 Å². The van der Waals surface area contributed by atoms with E-state index < -0.39 is 0 Å². The Hall–Kier alpha value is 0.319. The van der Waals surface area contributed by atoms with E-state index in [2.05, 4.69) is 36.5 Å². The minimum absolute atomic E-state index is 1.08. The normalized spacial score (nSPS) is 17.7. The summed E-state index contributed by atoms with van der Waals surface area (Å²) in [4.78, 5) is 0. The molecule has 0 unspecified atom stereocenters. The molecule has 1 heterocycles. The van der Waals surface area contributed by atoms with Gasteiger partial charge in [0.25, 0.3) is 0 Å². The van der Waals surface area contributed by atoms with Crippen molar-refractivity contribution in [2.24, 2.45) is 0 Å². The zero-order valence-electron chi connectivity index (χ0n) is 3.47. The second-order valence-corrected chi connectivity index (χ2v) is 3.03. The molecule has 0 spiro atoms. The molecule has 0 aliphatic carbocycles. The van der Waals surface area contributed by atoms with Crippen LogP contribution in [-0.2, 0) is 0 Å². The molecule has 3 heteroatoms. The number of rotatable bonds is 0. The summed E-state index contributed by atoms with van der Waals surface area (Å²) >= 11 is 5.69. The molecule has 0 aromatic heterocycles. The molecule has 0 saturated heterocycles. The van der Waals surface area contributed by atoms with E-state index in [1.165, 1.54) is 0 Å². The quantitative estimate of drug-likeness (QED) is 0.505. The van der Waals surface area contributed by atoms with Crippen LogP contribution in [0.15, 0.2) is 12.2 Å². The fraction of sp³-hybridized carbons (Fsp3) is 0. The van der Waals surface area contributed by atoms with E-state index in [9.17, 15) is 0 Å². The van der Waals surface area contributed by atoms with Crippen molar-refractivity contribution in [1.82, 2.24) is 5.32 Å². The molecule has 0 amide bonds. The number of nitrogens with one attached hydrogen (secondary N) is 1. The van der Waals surface area contributed by atoms with E-state index in [0.29, 0.717) is 0 Å². The Labute approximate surface area is 57.9 Å². The summed E-state index contributed by atoms with van der Waals surface area (Å²) in [5, 5.41) is 3.03. The Morgan fingerprint density at radius 3 is 1.71 bits per heavy atom. The van der Waals surface area contributed by atoms with Gasteiger partial charge < -0.3 is 0 Å². The van der Waals surface area contributed by atoms with Crippen molar-refractivity contribution in [3.05, 3.63) is 12.2 Å². The Morgan fingerprint density at radius 2 is 1.57 bits per heavy atom. The van der Waals surface area contributed by atoms with Crippen molar-refractivity contribution in [2.45, 2.75) is 0 Å². The first-order chi connectivity index (χ1) is 3.29. The third kappa shape index (κ3) is 1.36.